The summed E-state index contributed by atoms with van der Waals surface area (Å²) < 4.78 is 15.8. The number of rotatable bonds is 4. The van der Waals surface area contributed by atoms with Crippen molar-refractivity contribution in [3.63, 3.8) is 0 Å². The van der Waals surface area contributed by atoms with Crippen LogP contribution in [0.25, 0.3) is 10.8 Å². The molecule has 0 amide bonds. The third-order valence-corrected chi connectivity index (χ3v) is 3.03. The highest BCUT2D eigenvalue weighted by atomic mass is 16.5. The Morgan fingerprint density at radius 2 is 1.61 bits per heavy atom. The average molecular weight is 245 g/mol. The fraction of sp³-hybridized carbons (Fsp3) is 0.267. The Morgan fingerprint density at radius 1 is 0.944 bits per heavy atom. The monoisotopic (exact) mass is 245 g/mol. The van der Waals surface area contributed by atoms with Crippen LogP contribution >= 0.6 is 0 Å². The molecular formula is C15H17O3. The summed E-state index contributed by atoms with van der Waals surface area (Å²) in [5, 5.41) is 2.15. The quantitative estimate of drug-likeness (QED) is 0.826. The lowest BCUT2D eigenvalue weighted by Gasteiger charge is -2.15. The van der Waals surface area contributed by atoms with Gasteiger partial charge in [-0.25, -0.2) is 0 Å². The minimum atomic E-state index is -0.226. The van der Waals surface area contributed by atoms with Gasteiger partial charge in [0.1, 0.15) is 11.5 Å². The topological polar surface area (TPSA) is 27.7 Å². The van der Waals surface area contributed by atoms with Crippen LogP contribution in [-0.4, -0.2) is 21.3 Å². The molecule has 3 heteroatoms. The van der Waals surface area contributed by atoms with Crippen LogP contribution in [0.5, 0.6) is 11.5 Å². The zero-order valence-corrected chi connectivity index (χ0v) is 10.9. The van der Waals surface area contributed by atoms with Gasteiger partial charge in [0.15, 0.2) is 0 Å². The molecule has 0 bridgehead atoms. The highest BCUT2D eigenvalue weighted by Gasteiger charge is 2.11. The summed E-state index contributed by atoms with van der Waals surface area (Å²) in [5.74, 6) is 1.61. The molecule has 2 rings (SSSR count). The number of benzene rings is 2. The highest BCUT2D eigenvalue weighted by molar-refractivity contribution is 5.88. The molecule has 0 saturated carbocycles. The molecule has 3 nitrogen and oxygen atoms in total. The van der Waals surface area contributed by atoms with Gasteiger partial charge in [0, 0.05) is 7.11 Å². The summed E-state index contributed by atoms with van der Waals surface area (Å²) in [5.41, 5.74) is 1.01. The Labute approximate surface area is 107 Å². The van der Waals surface area contributed by atoms with E-state index in [1.165, 1.54) is 0 Å². The minimum absolute atomic E-state index is 0.226. The molecule has 1 atom stereocenters. The molecule has 0 aliphatic heterocycles. The van der Waals surface area contributed by atoms with Crippen LogP contribution in [-0.2, 0) is 4.74 Å². The fourth-order valence-corrected chi connectivity index (χ4v) is 1.99. The molecule has 0 aliphatic carbocycles. The third-order valence-electron chi connectivity index (χ3n) is 3.03. The normalized spacial score (nSPS) is 12.4. The van der Waals surface area contributed by atoms with Gasteiger partial charge in [0.2, 0.25) is 0 Å². The van der Waals surface area contributed by atoms with Gasteiger partial charge in [-0.15, -0.1) is 0 Å². The van der Waals surface area contributed by atoms with Gasteiger partial charge in [0.05, 0.1) is 20.3 Å². The summed E-state index contributed by atoms with van der Waals surface area (Å²) in [6.07, 6.45) is -0.226. The molecule has 0 aliphatic rings. The van der Waals surface area contributed by atoms with Crippen LogP contribution in [0.3, 0.4) is 0 Å². The van der Waals surface area contributed by atoms with Crippen LogP contribution < -0.4 is 9.47 Å². The van der Waals surface area contributed by atoms with Gasteiger partial charge in [0.25, 0.3) is 0 Å². The minimum Gasteiger partial charge on any atom is -0.497 e. The van der Waals surface area contributed by atoms with Crippen molar-refractivity contribution >= 4 is 10.8 Å². The lowest BCUT2D eigenvalue weighted by Crippen LogP contribution is -1.98. The molecule has 0 N–H and O–H groups in total. The van der Waals surface area contributed by atoms with E-state index in [9.17, 15) is 0 Å². The van der Waals surface area contributed by atoms with E-state index in [-0.39, 0.29) is 6.10 Å². The van der Waals surface area contributed by atoms with Crippen molar-refractivity contribution in [2.24, 2.45) is 0 Å². The molecule has 2 aromatic carbocycles. The van der Waals surface area contributed by atoms with Gasteiger partial charge in [-0.3, -0.25) is 0 Å². The number of hydrogen-bond acceptors (Lipinski definition) is 3. The molecule has 18 heavy (non-hydrogen) atoms. The van der Waals surface area contributed by atoms with Crippen LogP contribution in [0, 0.1) is 6.92 Å². The molecule has 95 valence electrons. The second-order valence-electron chi connectivity index (χ2n) is 4.03. The van der Waals surface area contributed by atoms with Crippen molar-refractivity contribution in [1.82, 2.24) is 0 Å². The van der Waals surface area contributed by atoms with Crippen molar-refractivity contribution in [1.29, 1.82) is 0 Å². The molecule has 0 aromatic heterocycles. The van der Waals surface area contributed by atoms with Gasteiger partial charge >= 0.3 is 0 Å². The summed E-state index contributed by atoms with van der Waals surface area (Å²) in [6, 6.07) is 9.85. The summed E-state index contributed by atoms with van der Waals surface area (Å²) >= 11 is 0. The maximum atomic E-state index is 5.31. The Hall–Kier alpha value is -1.74. The second-order valence-corrected chi connectivity index (χ2v) is 4.03. The second kappa shape index (κ2) is 5.27. The van der Waals surface area contributed by atoms with E-state index in [1.54, 1.807) is 21.3 Å². The standard InChI is InChI=1S/C15H17O3/c1-10(16-2)15-9-13(18-4)8-11-7-12(17-3)5-6-14(11)15/h5-10H,1H2,2-4H3. The predicted molar refractivity (Wildman–Crippen MR) is 72.2 cm³/mol. The van der Waals surface area contributed by atoms with Crippen LogP contribution in [0.1, 0.15) is 11.7 Å². The van der Waals surface area contributed by atoms with Crippen molar-refractivity contribution in [2.75, 3.05) is 21.3 Å². The molecule has 0 fully saturated rings. The molecular weight excluding hydrogens is 228 g/mol. The Bertz CT molecular complexity index is 543. The van der Waals surface area contributed by atoms with E-state index in [2.05, 4.69) is 6.92 Å². The average Bonchev–Trinajstić information content (AvgIpc) is 2.44. The molecule has 0 heterocycles. The number of fused-ring (bicyclic) bond motifs is 1. The molecule has 0 spiro atoms. The first-order chi connectivity index (χ1) is 8.69. The van der Waals surface area contributed by atoms with Crippen LogP contribution in [0.2, 0.25) is 0 Å². The zero-order valence-electron chi connectivity index (χ0n) is 10.9. The molecule has 1 radical (unpaired) electrons. The summed E-state index contributed by atoms with van der Waals surface area (Å²) in [4.78, 5) is 0. The SMILES string of the molecule is [CH2]C(OC)c1cc(OC)cc2cc(OC)ccc12. The Kier molecular flexibility index (Phi) is 3.72. The number of ether oxygens (including phenoxy) is 3. The van der Waals surface area contributed by atoms with Gasteiger partial charge < -0.3 is 14.2 Å². The maximum absolute atomic E-state index is 5.31. The van der Waals surface area contributed by atoms with Crippen molar-refractivity contribution in [2.45, 2.75) is 6.10 Å². The van der Waals surface area contributed by atoms with E-state index < -0.39 is 0 Å². The van der Waals surface area contributed by atoms with Crippen LogP contribution in [0.15, 0.2) is 30.3 Å². The smallest absolute Gasteiger partial charge is 0.119 e. The highest BCUT2D eigenvalue weighted by Crippen LogP contribution is 2.32. The third kappa shape index (κ3) is 2.27. The van der Waals surface area contributed by atoms with Gasteiger partial charge in [-0.05, 0) is 47.5 Å². The first-order valence-corrected chi connectivity index (χ1v) is 5.71. The molecule has 1 unspecified atom stereocenters. The van der Waals surface area contributed by atoms with Crippen molar-refractivity contribution in [3.05, 3.63) is 42.8 Å². The molecule has 0 saturated heterocycles. The predicted octanol–water partition coefficient (Wildman–Crippen LogP) is 3.38. The fourth-order valence-electron chi connectivity index (χ4n) is 1.99. The lowest BCUT2D eigenvalue weighted by molar-refractivity contribution is 0.141. The van der Waals surface area contributed by atoms with E-state index >= 15 is 0 Å². The first-order valence-electron chi connectivity index (χ1n) is 5.71. The van der Waals surface area contributed by atoms with Crippen molar-refractivity contribution < 1.29 is 14.2 Å². The Balaban J connectivity index is 2.67. The lowest BCUT2D eigenvalue weighted by atomic mass is 10.00. The van der Waals surface area contributed by atoms with E-state index in [1.807, 2.05) is 30.3 Å². The number of hydrogen-bond donors (Lipinski definition) is 0. The first kappa shape index (κ1) is 12.7. The van der Waals surface area contributed by atoms with E-state index in [0.717, 1.165) is 27.8 Å². The molecule has 2 aromatic rings. The van der Waals surface area contributed by atoms with Crippen molar-refractivity contribution in [3.8, 4) is 11.5 Å². The zero-order chi connectivity index (χ0) is 13.1. The largest absolute Gasteiger partial charge is 0.497 e. The van der Waals surface area contributed by atoms with E-state index in [0.29, 0.717) is 0 Å². The van der Waals surface area contributed by atoms with E-state index in [4.69, 9.17) is 14.2 Å². The summed E-state index contributed by atoms with van der Waals surface area (Å²) in [6.45, 7) is 3.99. The van der Waals surface area contributed by atoms with Gasteiger partial charge in [-0.2, -0.15) is 0 Å². The Morgan fingerprint density at radius 3 is 2.22 bits per heavy atom. The number of methoxy groups -OCH3 is 3. The van der Waals surface area contributed by atoms with Crippen LogP contribution in [0.4, 0.5) is 0 Å². The van der Waals surface area contributed by atoms with Gasteiger partial charge in [-0.1, -0.05) is 6.07 Å². The summed E-state index contributed by atoms with van der Waals surface area (Å²) in [7, 11) is 4.95. The maximum Gasteiger partial charge on any atom is 0.119 e.